The van der Waals surface area contributed by atoms with Crippen LogP contribution in [-0.2, 0) is 14.3 Å². The Hall–Kier alpha value is -1.10. The van der Waals surface area contributed by atoms with Crippen molar-refractivity contribution in [1.82, 2.24) is 10.2 Å². The number of amides is 1. The van der Waals surface area contributed by atoms with Gasteiger partial charge in [-0.15, -0.1) is 0 Å². The van der Waals surface area contributed by atoms with Crippen molar-refractivity contribution < 1.29 is 14.3 Å². The highest BCUT2D eigenvalue weighted by molar-refractivity contribution is 5.80. The molecule has 0 spiro atoms. The van der Waals surface area contributed by atoms with Crippen molar-refractivity contribution in [3.05, 3.63) is 0 Å². The Labute approximate surface area is 97.1 Å². The van der Waals surface area contributed by atoms with Crippen LogP contribution in [0.3, 0.4) is 0 Å². The Morgan fingerprint density at radius 3 is 2.38 bits per heavy atom. The molecule has 0 aliphatic heterocycles. The van der Waals surface area contributed by atoms with E-state index in [1.165, 1.54) is 4.90 Å². The highest BCUT2D eigenvalue weighted by Gasteiger charge is 2.19. The summed E-state index contributed by atoms with van der Waals surface area (Å²) in [7, 11) is 3.37. The number of nitrogens with zero attached hydrogens (tertiary/aromatic N) is 1. The van der Waals surface area contributed by atoms with Crippen LogP contribution in [0.4, 0.5) is 0 Å². The van der Waals surface area contributed by atoms with Gasteiger partial charge in [-0.25, -0.2) is 0 Å². The van der Waals surface area contributed by atoms with Gasteiger partial charge in [-0.3, -0.25) is 14.9 Å². The molecule has 0 saturated heterocycles. The fourth-order valence-corrected chi connectivity index (χ4v) is 1.20. The molecule has 0 aromatic rings. The second-order valence-corrected chi connectivity index (χ2v) is 3.76. The number of ether oxygens (including phenoxy) is 1. The summed E-state index contributed by atoms with van der Waals surface area (Å²) in [5, 5.41) is 2.92. The lowest BCUT2D eigenvalue weighted by atomic mass is 10.1. The molecule has 0 saturated carbocycles. The van der Waals surface area contributed by atoms with Gasteiger partial charge in [0.05, 0.1) is 13.2 Å². The first-order valence-corrected chi connectivity index (χ1v) is 5.63. The molecule has 5 nitrogen and oxygen atoms in total. The third-order valence-corrected chi connectivity index (χ3v) is 2.15. The number of hydrogen-bond acceptors (Lipinski definition) is 4. The number of rotatable bonds is 7. The lowest BCUT2D eigenvalue weighted by molar-refractivity contribution is -0.146. The molecule has 1 amide bonds. The van der Waals surface area contributed by atoms with E-state index in [9.17, 15) is 9.59 Å². The van der Waals surface area contributed by atoms with Gasteiger partial charge in [0, 0.05) is 14.1 Å². The summed E-state index contributed by atoms with van der Waals surface area (Å²) in [5.74, 6) is -0.332. The first-order chi connectivity index (χ1) is 7.52. The molecule has 0 bridgehead atoms. The molecule has 1 N–H and O–H groups in total. The van der Waals surface area contributed by atoms with Gasteiger partial charge < -0.3 is 9.64 Å². The molecule has 94 valence electrons. The summed E-state index contributed by atoms with van der Waals surface area (Å²) < 4.78 is 4.92. The maximum Gasteiger partial charge on any atom is 0.323 e. The van der Waals surface area contributed by atoms with Crippen LogP contribution in [0, 0.1) is 0 Å². The molecule has 0 aromatic carbocycles. The van der Waals surface area contributed by atoms with Crippen LogP contribution >= 0.6 is 0 Å². The van der Waals surface area contributed by atoms with E-state index >= 15 is 0 Å². The Bertz CT molecular complexity index is 229. The van der Waals surface area contributed by atoms with Gasteiger partial charge in [0.1, 0.15) is 6.04 Å². The predicted molar refractivity (Wildman–Crippen MR) is 62.0 cm³/mol. The maximum absolute atomic E-state index is 11.5. The number of esters is 1. The predicted octanol–water partition coefficient (Wildman–Crippen LogP) is 0.396. The highest BCUT2D eigenvalue weighted by Crippen LogP contribution is 1.99. The molecule has 16 heavy (non-hydrogen) atoms. The largest absolute Gasteiger partial charge is 0.465 e. The lowest BCUT2D eigenvalue weighted by Crippen LogP contribution is -2.43. The van der Waals surface area contributed by atoms with Crippen LogP contribution in [0.2, 0.25) is 0 Å². The summed E-state index contributed by atoms with van der Waals surface area (Å²) in [6.45, 7) is 4.28. The first kappa shape index (κ1) is 14.9. The van der Waals surface area contributed by atoms with E-state index in [1.807, 2.05) is 6.92 Å². The number of nitrogens with one attached hydrogen (secondary N) is 1. The first-order valence-electron chi connectivity index (χ1n) is 5.63. The van der Waals surface area contributed by atoms with E-state index in [-0.39, 0.29) is 24.5 Å². The summed E-state index contributed by atoms with van der Waals surface area (Å²) in [6, 6.07) is -0.381. The molecule has 0 fully saturated rings. The van der Waals surface area contributed by atoms with Gasteiger partial charge in [-0.05, 0) is 13.3 Å². The van der Waals surface area contributed by atoms with E-state index in [2.05, 4.69) is 5.32 Å². The average molecular weight is 230 g/mol. The molecule has 0 rings (SSSR count). The van der Waals surface area contributed by atoms with Crippen molar-refractivity contribution >= 4 is 11.9 Å². The minimum Gasteiger partial charge on any atom is -0.465 e. The van der Waals surface area contributed by atoms with Crippen LogP contribution in [-0.4, -0.2) is 50.1 Å². The average Bonchev–Trinajstić information content (AvgIpc) is 2.23. The fraction of sp³-hybridized carbons (Fsp3) is 0.818. The van der Waals surface area contributed by atoms with E-state index in [1.54, 1.807) is 21.0 Å². The summed E-state index contributed by atoms with van der Waals surface area (Å²) in [4.78, 5) is 24.3. The minimum atomic E-state index is -0.381. The van der Waals surface area contributed by atoms with Crippen molar-refractivity contribution in [1.29, 1.82) is 0 Å². The topological polar surface area (TPSA) is 58.6 Å². The quantitative estimate of drug-likeness (QED) is 0.643. The van der Waals surface area contributed by atoms with Gasteiger partial charge in [-0.2, -0.15) is 0 Å². The SMILES string of the molecule is CCCC(NCC(=O)N(C)C)C(=O)OCC. The minimum absolute atomic E-state index is 0.0506. The smallest absolute Gasteiger partial charge is 0.323 e. The Kier molecular flexibility index (Phi) is 7.54. The number of carbonyl (C=O) groups excluding carboxylic acids is 2. The zero-order chi connectivity index (χ0) is 12.6. The van der Waals surface area contributed by atoms with E-state index in [0.29, 0.717) is 13.0 Å². The number of carbonyl (C=O) groups is 2. The van der Waals surface area contributed by atoms with Crippen LogP contribution < -0.4 is 5.32 Å². The summed E-state index contributed by atoms with van der Waals surface area (Å²) >= 11 is 0. The van der Waals surface area contributed by atoms with Crippen LogP contribution in [0.1, 0.15) is 26.7 Å². The van der Waals surface area contributed by atoms with Gasteiger partial charge in [0.2, 0.25) is 5.91 Å². The van der Waals surface area contributed by atoms with Crippen LogP contribution in [0.25, 0.3) is 0 Å². The summed E-state index contributed by atoms with van der Waals surface area (Å²) in [5.41, 5.74) is 0. The third-order valence-electron chi connectivity index (χ3n) is 2.15. The Morgan fingerprint density at radius 1 is 1.31 bits per heavy atom. The molecule has 0 heterocycles. The molecule has 0 aliphatic rings. The van der Waals surface area contributed by atoms with E-state index in [4.69, 9.17) is 4.74 Å². The van der Waals surface area contributed by atoms with Crippen molar-refractivity contribution in [2.24, 2.45) is 0 Å². The molecule has 0 aromatic heterocycles. The fourth-order valence-electron chi connectivity index (χ4n) is 1.20. The number of likely N-dealkylation sites (N-methyl/N-ethyl adjacent to an activating group) is 1. The Balaban J connectivity index is 4.12. The lowest BCUT2D eigenvalue weighted by Gasteiger charge is -2.17. The van der Waals surface area contributed by atoms with E-state index < -0.39 is 0 Å². The Morgan fingerprint density at radius 2 is 1.94 bits per heavy atom. The normalized spacial score (nSPS) is 12.0. The molecule has 1 atom stereocenters. The van der Waals surface area contributed by atoms with Gasteiger partial charge in [0.25, 0.3) is 0 Å². The zero-order valence-electron chi connectivity index (χ0n) is 10.6. The highest BCUT2D eigenvalue weighted by atomic mass is 16.5. The van der Waals surface area contributed by atoms with Gasteiger partial charge in [0.15, 0.2) is 0 Å². The van der Waals surface area contributed by atoms with Crippen LogP contribution in [0.5, 0.6) is 0 Å². The zero-order valence-corrected chi connectivity index (χ0v) is 10.6. The maximum atomic E-state index is 11.5. The molecular formula is C11H22N2O3. The van der Waals surface area contributed by atoms with Gasteiger partial charge >= 0.3 is 5.97 Å². The third kappa shape index (κ3) is 5.70. The van der Waals surface area contributed by atoms with E-state index in [0.717, 1.165) is 6.42 Å². The molecule has 0 aliphatic carbocycles. The molecular weight excluding hydrogens is 208 g/mol. The van der Waals surface area contributed by atoms with Crippen molar-refractivity contribution in [2.45, 2.75) is 32.7 Å². The van der Waals surface area contributed by atoms with Crippen LogP contribution in [0.15, 0.2) is 0 Å². The van der Waals surface area contributed by atoms with Crippen molar-refractivity contribution in [3.63, 3.8) is 0 Å². The molecule has 5 heteroatoms. The van der Waals surface area contributed by atoms with Crippen molar-refractivity contribution in [2.75, 3.05) is 27.2 Å². The second-order valence-electron chi connectivity index (χ2n) is 3.76. The number of hydrogen-bond donors (Lipinski definition) is 1. The second kappa shape index (κ2) is 8.10. The summed E-state index contributed by atoms with van der Waals surface area (Å²) in [6.07, 6.45) is 1.55. The standard InChI is InChI=1S/C11H22N2O3/c1-5-7-9(11(15)16-6-2)12-8-10(14)13(3)4/h9,12H,5-8H2,1-4H3. The van der Waals surface area contributed by atoms with Crippen molar-refractivity contribution in [3.8, 4) is 0 Å². The molecule has 1 unspecified atom stereocenters. The molecule has 0 radical (unpaired) electrons. The van der Waals surface area contributed by atoms with Gasteiger partial charge in [-0.1, -0.05) is 13.3 Å². The monoisotopic (exact) mass is 230 g/mol.